The second kappa shape index (κ2) is 6.75. The van der Waals surface area contributed by atoms with Gasteiger partial charge in [0.05, 0.1) is 28.6 Å². The molecule has 0 saturated carbocycles. The number of amides is 2. The zero-order valence-corrected chi connectivity index (χ0v) is 16.2. The van der Waals surface area contributed by atoms with Crippen LogP contribution in [0.15, 0.2) is 48.5 Å². The number of rotatable bonds is 3. The number of carbonyl (C=O) groups is 3. The van der Waals surface area contributed by atoms with Crippen LogP contribution in [0.1, 0.15) is 23.2 Å². The molecule has 3 aliphatic rings. The highest BCUT2D eigenvalue weighted by atomic mass is 35.5. The summed E-state index contributed by atoms with van der Waals surface area (Å²) in [6, 6.07) is 11.2. The number of ketones is 1. The van der Waals surface area contributed by atoms with E-state index in [1.807, 2.05) is 4.90 Å². The predicted octanol–water partition coefficient (Wildman–Crippen LogP) is 3.31. The minimum Gasteiger partial charge on any atom is -0.292 e. The third-order valence-corrected chi connectivity index (χ3v) is 6.66. The van der Waals surface area contributed by atoms with Gasteiger partial charge in [-0.05, 0) is 55.8 Å². The van der Waals surface area contributed by atoms with Crippen LogP contribution >= 0.6 is 11.6 Å². The van der Waals surface area contributed by atoms with Gasteiger partial charge in [-0.15, -0.1) is 0 Å². The van der Waals surface area contributed by atoms with Crippen LogP contribution in [-0.4, -0.2) is 41.1 Å². The van der Waals surface area contributed by atoms with E-state index in [-0.39, 0.29) is 23.6 Å². The average Bonchev–Trinajstić information content (AvgIpc) is 3.35. The summed E-state index contributed by atoms with van der Waals surface area (Å²) in [5.74, 6) is -2.66. The van der Waals surface area contributed by atoms with E-state index in [0.717, 1.165) is 17.7 Å². The topological polar surface area (TPSA) is 57.7 Å². The van der Waals surface area contributed by atoms with E-state index in [9.17, 15) is 18.8 Å². The first-order chi connectivity index (χ1) is 14.0. The monoisotopic (exact) mass is 412 g/mol. The van der Waals surface area contributed by atoms with Crippen LogP contribution in [0.3, 0.4) is 0 Å². The Labute approximate surface area is 172 Å². The van der Waals surface area contributed by atoms with Crippen molar-refractivity contribution in [1.82, 2.24) is 4.90 Å². The molecule has 148 valence electrons. The zero-order valence-electron chi connectivity index (χ0n) is 15.4. The minimum absolute atomic E-state index is 0.140. The minimum atomic E-state index is -0.748. The Morgan fingerprint density at radius 2 is 1.69 bits per heavy atom. The summed E-state index contributed by atoms with van der Waals surface area (Å²) in [6.07, 6.45) is 1.64. The smallest absolute Gasteiger partial charge is 0.239 e. The molecule has 0 spiro atoms. The molecule has 0 radical (unpaired) electrons. The molecule has 3 fully saturated rings. The van der Waals surface area contributed by atoms with E-state index < -0.39 is 23.7 Å². The third kappa shape index (κ3) is 2.66. The second-order valence-electron chi connectivity index (χ2n) is 7.78. The number of hydrogen-bond donors (Lipinski definition) is 0. The predicted molar refractivity (Wildman–Crippen MR) is 105 cm³/mol. The van der Waals surface area contributed by atoms with E-state index in [1.54, 1.807) is 24.3 Å². The second-order valence-corrected chi connectivity index (χ2v) is 8.19. The molecule has 5 rings (SSSR count). The maximum absolute atomic E-state index is 13.4. The fourth-order valence-corrected chi connectivity index (χ4v) is 5.39. The van der Waals surface area contributed by atoms with Crippen LogP contribution in [0.25, 0.3) is 0 Å². The van der Waals surface area contributed by atoms with Gasteiger partial charge >= 0.3 is 0 Å². The third-order valence-electron chi connectivity index (χ3n) is 6.34. The molecule has 3 aliphatic heterocycles. The van der Waals surface area contributed by atoms with Crippen molar-refractivity contribution in [2.24, 2.45) is 11.8 Å². The highest BCUT2D eigenvalue weighted by Crippen LogP contribution is 2.49. The normalized spacial score (nSPS) is 28.7. The van der Waals surface area contributed by atoms with Crippen molar-refractivity contribution in [1.29, 1.82) is 0 Å². The molecule has 2 aromatic rings. The van der Waals surface area contributed by atoms with Gasteiger partial charge in [0.1, 0.15) is 5.82 Å². The van der Waals surface area contributed by atoms with Gasteiger partial charge in [0, 0.05) is 11.6 Å². The number of fused-ring (bicyclic) bond motifs is 3. The first-order valence-corrected chi connectivity index (χ1v) is 10.0. The Hall–Kier alpha value is -2.57. The summed E-state index contributed by atoms with van der Waals surface area (Å²) in [6.45, 7) is 0.669. The number of benzene rings is 2. The number of Topliss-reactive ketones (excluding diaryl/α,β-unsaturated/α-hetero) is 1. The molecule has 0 aliphatic carbocycles. The molecule has 2 amide bonds. The van der Waals surface area contributed by atoms with Crippen LogP contribution in [0.4, 0.5) is 10.1 Å². The molecule has 5 nitrogen and oxygen atoms in total. The summed E-state index contributed by atoms with van der Waals surface area (Å²) in [7, 11) is 0. The van der Waals surface area contributed by atoms with Crippen molar-refractivity contribution in [3.05, 3.63) is 64.9 Å². The molecule has 29 heavy (non-hydrogen) atoms. The Morgan fingerprint density at radius 3 is 2.41 bits per heavy atom. The Kier molecular flexibility index (Phi) is 4.29. The molecule has 3 heterocycles. The van der Waals surface area contributed by atoms with Gasteiger partial charge in [0.2, 0.25) is 11.8 Å². The van der Waals surface area contributed by atoms with Crippen LogP contribution in [0, 0.1) is 17.7 Å². The van der Waals surface area contributed by atoms with E-state index in [4.69, 9.17) is 11.6 Å². The zero-order chi connectivity index (χ0) is 20.3. The molecular formula is C22H18ClFN2O3. The quantitative estimate of drug-likeness (QED) is 0.573. The number of nitrogens with zero attached hydrogens (tertiary/aromatic N) is 2. The lowest BCUT2D eigenvalue weighted by molar-refractivity contribution is -0.123. The molecular weight excluding hydrogens is 395 g/mol. The van der Waals surface area contributed by atoms with Crippen LogP contribution in [-0.2, 0) is 9.59 Å². The molecule has 0 aromatic heterocycles. The van der Waals surface area contributed by atoms with Crippen LogP contribution in [0.2, 0.25) is 5.02 Å². The van der Waals surface area contributed by atoms with Crippen molar-refractivity contribution < 1.29 is 18.8 Å². The first-order valence-electron chi connectivity index (χ1n) is 9.67. The number of hydrogen-bond acceptors (Lipinski definition) is 4. The lowest BCUT2D eigenvalue weighted by Gasteiger charge is -2.27. The molecule has 0 bridgehead atoms. The highest BCUT2D eigenvalue weighted by Gasteiger charge is 2.64. The van der Waals surface area contributed by atoms with Crippen LogP contribution < -0.4 is 4.90 Å². The number of halogens is 2. The van der Waals surface area contributed by atoms with E-state index >= 15 is 0 Å². The molecule has 2 aromatic carbocycles. The molecule has 0 N–H and O–H groups in total. The van der Waals surface area contributed by atoms with Crippen molar-refractivity contribution >= 4 is 34.9 Å². The van der Waals surface area contributed by atoms with Gasteiger partial charge < -0.3 is 0 Å². The summed E-state index contributed by atoms with van der Waals surface area (Å²) in [4.78, 5) is 43.2. The summed E-state index contributed by atoms with van der Waals surface area (Å²) >= 11 is 6.25. The van der Waals surface area contributed by atoms with Gasteiger partial charge in [0.15, 0.2) is 5.78 Å². The molecule has 7 heteroatoms. The van der Waals surface area contributed by atoms with Gasteiger partial charge in [-0.1, -0.05) is 23.7 Å². The average molecular weight is 413 g/mol. The van der Waals surface area contributed by atoms with E-state index in [0.29, 0.717) is 22.8 Å². The summed E-state index contributed by atoms with van der Waals surface area (Å²) in [5.41, 5.74) is 0.704. The SMILES string of the molecule is O=C(c1ccc(F)cc1)[C@@H]1[C@H]2C(=O)N(c3ccccc3Cl)C(=O)[C@@H]2[C@H]2CCCN21. The maximum Gasteiger partial charge on any atom is 0.239 e. The standard InChI is InChI=1S/C22H18ClFN2O3/c23-14-4-1-2-5-15(14)26-21(28)17-16-6-3-11-25(16)19(18(17)22(26)29)20(27)12-7-9-13(24)10-8-12/h1-2,4-5,7-10,16-19H,3,6,11H2/t16-,17-,18+,19+/m1/s1. The summed E-state index contributed by atoms with van der Waals surface area (Å²) < 4.78 is 13.3. The number of para-hydroxylation sites is 1. The highest BCUT2D eigenvalue weighted by molar-refractivity contribution is 6.36. The first kappa shape index (κ1) is 18.5. The Bertz CT molecular complexity index is 1020. The van der Waals surface area contributed by atoms with Gasteiger partial charge in [-0.25, -0.2) is 9.29 Å². The van der Waals surface area contributed by atoms with Crippen molar-refractivity contribution in [3.63, 3.8) is 0 Å². The molecule has 3 saturated heterocycles. The van der Waals surface area contributed by atoms with Crippen molar-refractivity contribution in [2.75, 3.05) is 11.4 Å². The molecule has 4 atom stereocenters. The summed E-state index contributed by atoms with van der Waals surface area (Å²) in [5, 5.41) is 0.318. The van der Waals surface area contributed by atoms with E-state index in [2.05, 4.69) is 0 Å². The largest absolute Gasteiger partial charge is 0.292 e. The lowest BCUT2D eigenvalue weighted by Crippen LogP contribution is -2.46. The van der Waals surface area contributed by atoms with E-state index in [1.165, 1.54) is 24.3 Å². The van der Waals surface area contributed by atoms with Gasteiger partial charge in [0.25, 0.3) is 0 Å². The fourth-order valence-electron chi connectivity index (χ4n) is 5.17. The Balaban J connectivity index is 1.56. The van der Waals surface area contributed by atoms with Crippen molar-refractivity contribution in [3.8, 4) is 0 Å². The fraction of sp³-hybridized carbons (Fsp3) is 0.318. The number of anilines is 1. The maximum atomic E-state index is 13.4. The van der Waals surface area contributed by atoms with Crippen LogP contribution in [0.5, 0.6) is 0 Å². The Morgan fingerprint density at radius 1 is 1.00 bits per heavy atom. The van der Waals surface area contributed by atoms with Gasteiger partial charge in [-0.3, -0.25) is 19.3 Å². The van der Waals surface area contributed by atoms with Gasteiger partial charge in [-0.2, -0.15) is 0 Å². The van der Waals surface area contributed by atoms with Crippen molar-refractivity contribution in [2.45, 2.75) is 24.9 Å². The molecule has 0 unspecified atom stereocenters. The number of carbonyl (C=O) groups excluding carboxylic acids is 3. The lowest BCUT2D eigenvalue weighted by atomic mass is 9.85. The number of imide groups is 1.